The van der Waals surface area contributed by atoms with Gasteiger partial charge in [0.2, 0.25) is 0 Å². The summed E-state index contributed by atoms with van der Waals surface area (Å²) in [5.41, 5.74) is 1.08. The van der Waals surface area contributed by atoms with Gasteiger partial charge in [-0.25, -0.2) is 8.42 Å². The summed E-state index contributed by atoms with van der Waals surface area (Å²) in [6.45, 7) is 3.91. The van der Waals surface area contributed by atoms with Gasteiger partial charge >= 0.3 is 0 Å². The molecule has 0 bridgehead atoms. The van der Waals surface area contributed by atoms with Gasteiger partial charge in [0.1, 0.15) is 0 Å². The minimum atomic E-state index is -2.93. The number of hydrogen-bond donors (Lipinski definition) is 2. The lowest BCUT2D eigenvalue weighted by atomic mass is 10.2. The Morgan fingerprint density at radius 2 is 2.30 bits per heavy atom. The second kappa shape index (κ2) is 6.04. The van der Waals surface area contributed by atoms with Crippen molar-refractivity contribution in [3.63, 3.8) is 0 Å². The highest BCUT2D eigenvalue weighted by atomic mass is 32.2. The molecule has 0 aliphatic carbocycles. The highest BCUT2D eigenvalue weighted by Gasteiger charge is 2.27. The van der Waals surface area contributed by atoms with E-state index in [1.807, 2.05) is 0 Å². The molecule has 2 rings (SSSR count). The van der Waals surface area contributed by atoms with Crippen molar-refractivity contribution in [3.05, 3.63) is 36.7 Å². The van der Waals surface area contributed by atoms with E-state index in [1.165, 1.54) is 6.20 Å². The molecule has 2 heterocycles. The Morgan fingerprint density at radius 3 is 2.95 bits per heavy atom. The number of carbonyl (C=O) groups is 1. The number of rotatable bonds is 5. The highest BCUT2D eigenvalue weighted by molar-refractivity contribution is 7.91. The largest absolute Gasteiger partial charge is 0.380 e. The molecule has 1 aliphatic heterocycles. The van der Waals surface area contributed by atoms with Crippen LogP contribution in [0, 0.1) is 0 Å². The number of aromatic nitrogens is 1. The fourth-order valence-corrected chi connectivity index (χ4v) is 3.73. The predicted octanol–water partition coefficient (Wildman–Crippen LogP) is 0.596. The summed E-state index contributed by atoms with van der Waals surface area (Å²) in [6, 6.07) is 1.55. The number of hydrogen-bond acceptors (Lipinski definition) is 5. The maximum atomic E-state index is 11.8. The molecule has 1 amide bonds. The lowest BCUT2D eigenvalue weighted by molar-refractivity contribution is 0.0957. The molecule has 1 saturated heterocycles. The molecule has 108 valence electrons. The monoisotopic (exact) mass is 295 g/mol. The van der Waals surface area contributed by atoms with Crippen molar-refractivity contribution < 1.29 is 13.2 Å². The van der Waals surface area contributed by atoms with Crippen molar-refractivity contribution >= 4 is 21.4 Å². The van der Waals surface area contributed by atoms with E-state index >= 15 is 0 Å². The molecule has 1 unspecified atom stereocenters. The van der Waals surface area contributed by atoms with Gasteiger partial charge in [0.25, 0.3) is 5.91 Å². The number of nitrogens with one attached hydrogen (secondary N) is 2. The van der Waals surface area contributed by atoms with Gasteiger partial charge in [0.05, 0.1) is 22.8 Å². The Labute approximate surface area is 118 Å². The summed E-state index contributed by atoms with van der Waals surface area (Å²) in [6.07, 6.45) is 5.22. The zero-order valence-electron chi connectivity index (χ0n) is 11.0. The van der Waals surface area contributed by atoms with Crippen LogP contribution in [0.15, 0.2) is 31.1 Å². The van der Waals surface area contributed by atoms with Crippen molar-refractivity contribution in [2.45, 2.75) is 12.5 Å². The summed E-state index contributed by atoms with van der Waals surface area (Å²) < 4.78 is 22.8. The molecule has 0 radical (unpaired) electrons. The van der Waals surface area contributed by atoms with Crippen LogP contribution < -0.4 is 10.6 Å². The van der Waals surface area contributed by atoms with Crippen LogP contribution in [-0.2, 0) is 9.84 Å². The van der Waals surface area contributed by atoms with E-state index in [0.717, 1.165) is 0 Å². The highest BCUT2D eigenvalue weighted by Crippen LogP contribution is 2.17. The van der Waals surface area contributed by atoms with Crippen LogP contribution >= 0.6 is 0 Å². The molecule has 1 fully saturated rings. The fourth-order valence-electron chi connectivity index (χ4n) is 2.05. The second-order valence-electron chi connectivity index (χ2n) is 4.71. The number of nitrogens with zero attached hydrogens (tertiary/aromatic N) is 1. The summed E-state index contributed by atoms with van der Waals surface area (Å²) in [5, 5.41) is 5.77. The Hall–Kier alpha value is -1.89. The van der Waals surface area contributed by atoms with Crippen LogP contribution in [0.2, 0.25) is 0 Å². The molecule has 0 spiro atoms. The number of anilines is 1. The molecule has 1 aromatic heterocycles. The molecule has 0 saturated carbocycles. The minimum absolute atomic E-state index is 0.117. The fraction of sp³-hybridized carbons (Fsp3) is 0.385. The molecule has 1 aromatic rings. The predicted molar refractivity (Wildman–Crippen MR) is 77.4 cm³/mol. The van der Waals surface area contributed by atoms with E-state index in [2.05, 4.69) is 22.2 Å². The van der Waals surface area contributed by atoms with Crippen LogP contribution in [0.4, 0.5) is 5.69 Å². The van der Waals surface area contributed by atoms with Gasteiger partial charge in [-0.15, -0.1) is 6.58 Å². The first-order chi connectivity index (χ1) is 9.50. The van der Waals surface area contributed by atoms with Gasteiger partial charge in [-0.05, 0) is 12.5 Å². The van der Waals surface area contributed by atoms with E-state index < -0.39 is 9.84 Å². The van der Waals surface area contributed by atoms with Gasteiger partial charge in [-0.3, -0.25) is 9.78 Å². The minimum Gasteiger partial charge on any atom is -0.380 e. The standard InChI is InChI=1S/C13H17N3O3S/c1-2-4-15-13(17)10-6-12(8-14-7-10)16-11-3-5-20(18,19)9-11/h2,6-8,11,16H,1,3-5,9H2,(H,15,17). The Balaban J connectivity index is 2.03. The average molecular weight is 295 g/mol. The quantitative estimate of drug-likeness (QED) is 0.777. The van der Waals surface area contributed by atoms with Crippen LogP contribution in [0.25, 0.3) is 0 Å². The summed E-state index contributed by atoms with van der Waals surface area (Å²) in [4.78, 5) is 15.8. The van der Waals surface area contributed by atoms with Crippen LogP contribution in [0.1, 0.15) is 16.8 Å². The van der Waals surface area contributed by atoms with Gasteiger partial charge in [-0.1, -0.05) is 6.08 Å². The van der Waals surface area contributed by atoms with Crippen molar-refractivity contribution in [3.8, 4) is 0 Å². The van der Waals surface area contributed by atoms with Crippen LogP contribution in [-0.4, -0.2) is 43.4 Å². The molecular weight excluding hydrogens is 278 g/mol. The van der Waals surface area contributed by atoms with Crippen molar-refractivity contribution in [1.29, 1.82) is 0 Å². The third-order valence-electron chi connectivity index (χ3n) is 3.01. The molecular formula is C13H17N3O3S. The van der Waals surface area contributed by atoms with Crippen molar-refractivity contribution in [1.82, 2.24) is 10.3 Å². The Bertz CT molecular complexity index is 613. The molecule has 20 heavy (non-hydrogen) atoms. The van der Waals surface area contributed by atoms with Gasteiger partial charge < -0.3 is 10.6 Å². The normalized spacial score (nSPS) is 20.3. The zero-order chi connectivity index (χ0) is 14.6. The topological polar surface area (TPSA) is 88.2 Å². The van der Waals surface area contributed by atoms with E-state index in [4.69, 9.17) is 0 Å². The average Bonchev–Trinajstić information content (AvgIpc) is 2.75. The van der Waals surface area contributed by atoms with E-state index in [-0.39, 0.29) is 23.5 Å². The molecule has 1 atom stereocenters. The zero-order valence-corrected chi connectivity index (χ0v) is 11.8. The number of sulfone groups is 1. The molecule has 6 nitrogen and oxygen atoms in total. The van der Waals surface area contributed by atoms with Gasteiger partial charge in [-0.2, -0.15) is 0 Å². The maximum Gasteiger partial charge on any atom is 0.253 e. The molecule has 0 aromatic carbocycles. The lowest BCUT2D eigenvalue weighted by Gasteiger charge is -2.12. The van der Waals surface area contributed by atoms with E-state index in [0.29, 0.717) is 24.2 Å². The molecule has 1 aliphatic rings. The Morgan fingerprint density at radius 1 is 1.50 bits per heavy atom. The van der Waals surface area contributed by atoms with E-state index in [9.17, 15) is 13.2 Å². The van der Waals surface area contributed by atoms with Gasteiger partial charge in [0.15, 0.2) is 9.84 Å². The summed E-state index contributed by atoms with van der Waals surface area (Å²) >= 11 is 0. The maximum absolute atomic E-state index is 11.8. The smallest absolute Gasteiger partial charge is 0.253 e. The lowest BCUT2D eigenvalue weighted by Crippen LogP contribution is -2.24. The third kappa shape index (κ3) is 3.80. The first kappa shape index (κ1) is 14.5. The van der Waals surface area contributed by atoms with Crippen LogP contribution in [0.5, 0.6) is 0 Å². The second-order valence-corrected chi connectivity index (χ2v) is 6.93. The molecule has 2 N–H and O–H groups in total. The third-order valence-corrected chi connectivity index (χ3v) is 4.78. The van der Waals surface area contributed by atoms with Crippen LogP contribution in [0.3, 0.4) is 0 Å². The summed E-state index contributed by atoms with van der Waals surface area (Å²) in [7, 11) is -2.93. The number of pyridine rings is 1. The van der Waals surface area contributed by atoms with E-state index in [1.54, 1.807) is 18.3 Å². The number of amides is 1. The van der Waals surface area contributed by atoms with Gasteiger partial charge in [0, 0.05) is 25.0 Å². The number of carbonyl (C=O) groups excluding carboxylic acids is 1. The first-order valence-electron chi connectivity index (χ1n) is 6.31. The SMILES string of the molecule is C=CCNC(=O)c1cncc(NC2CCS(=O)(=O)C2)c1. The summed E-state index contributed by atoms with van der Waals surface area (Å²) in [5.74, 6) is 0.0948. The van der Waals surface area contributed by atoms with Crippen molar-refractivity contribution in [2.75, 3.05) is 23.4 Å². The first-order valence-corrected chi connectivity index (χ1v) is 8.13. The molecule has 7 heteroatoms. The Kier molecular flexibility index (Phi) is 4.39. The van der Waals surface area contributed by atoms with Crippen molar-refractivity contribution in [2.24, 2.45) is 0 Å².